The van der Waals surface area contributed by atoms with Crippen LogP contribution in [0.25, 0.3) is 0 Å². The number of sulfonamides is 1. The van der Waals surface area contributed by atoms with Crippen LogP contribution in [0.1, 0.15) is 11.1 Å². The topological polar surface area (TPSA) is 96.4 Å². The van der Waals surface area contributed by atoms with Gasteiger partial charge in [-0.15, -0.1) is 0 Å². The van der Waals surface area contributed by atoms with E-state index < -0.39 is 10.0 Å². The average molecular weight is 359 g/mol. The van der Waals surface area contributed by atoms with Crippen molar-refractivity contribution in [2.75, 3.05) is 26.7 Å². The van der Waals surface area contributed by atoms with Crippen molar-refractivity contribution in [1.29, 1.82) is 5.26 Å². The Morgan fingerprint density at radius 1 is 1.16 bits per heavy atom. The predicted molar refractivity (Wildman–Crippen MR) is 95.7 cm³/mol. The van der Waals surface area contributed by atoms with Gasteiger partial charge in [0.1, 0.15) is 10.6 Å². The molecule has 0 saturated heterocycles. The first-order valence-corrected chi connectivity index (χ1v) is 9.29. The van der Waals surface area contributed by atoms with E-state index in [0.29, 0.717) is 18.5 Å². The van der Waals surface area contributed by atoms with Gasteiger partial charge in [-0.3, -0.25) is 0 Å². The quantitative estimate of drug-likeness (QED) is 0.775. The molecule has 25 heavy (non-hydrogen) atoms. The summed E-state index contributed by atoms with van der Waals surface area (Å²) in [5.74, 6) is 0.154. The Kier molecular flexibility index (Phi) is 6.53. The molecule has 0 heterocycles. The zero-order valence-electron chi connectivity index (χ0n) is 14.1. The number of hydrogen-bond donors (Lipinski definition) is 1. The second kappa shape index (κ2) is 8.62. The molecule has 2 N–H and O–H groups in total. The van der Waals surface area contributed by atoms with Crippen LogP contribution in [0.5, 0.6) is 5.75 Å². The second-order valence-electron chi connectivity index (χ2n) is 5.41. The molecule has 0 aliphatic carbocycles. The van der Waals surface area contributed by atoms with Crippen molar-refractivity contribution in [2.24, 2.45) is 5.73 Å². The Hall–Kier alpha value is -2.40. The van der Waals surface area contributed by atoms with Crippen LogP contribution in [0, 0.1) is 11.3 Å². The maximum Gasteiger partial charge on any atom is 0.246 e. The third kappa shape index (κ3) is 4.57. The summed E-state index contributed by atoms with van der Waals surface area (Å²) in [4.78, 5) is 0.0375. The molecule has 0 spiro atoms. The van der Waals surface area contributed by atoms with Crippen molar-refractivity contribution >= 4 is 10.0 Å². The minimum atomic E-state index is -3.78. The van der Waals surface area contributed by atoms with Gasteiger partial charge < -0.3 is 10.5 Å². The summed E-state index contributed by atoms with van der Waals surface area (Å²) >= 11 is 0. The normalized spacial score (nSPS) is 11.3. The highest BCUT2D eigenvalue weighted by molar-refractivity contribution is 7.89. The summed E-state index contributed by atoms with van der Waals surface area (Å²) in [5.41, 5.74) is 7.00. The standard InChI is InChI=1S/C18H21N3O3S/c1-24-17-13-16(14-20)7-8-18(17)25(22,23)21(12-10-19)11-9-15-5-3-2-4-6-15/h2-8,13H,9-12,19H2,1H3. The molecule has 0 saturated carbocycles. The van der Waals surface area contributed by atoms with E-state index in [1.807, 2.05) is 36.4 Å². The molecule has 0 aliphatic heterocycles. The smallest absolute Gasteiger partial charge is 0.246 e. The number of nitrogens with zero attached hydrogens (tertiary/aromatic N) is 2. The summed E-state index contributed by atoms with van der Waals surface area (Å²) in [5, 5.41) is 8.97. The van der Waals surface area contributed by atoms with E-state index in [9.17, 15) is 8.42 Å². The van der Waals surface area contributed by atoms with Gasteiger partial charge in [0.2, 0.25) is 10.0 Å². The maximum atomic E-state index is 13.0. The van der Waals surface area contributed by atoms with Gasteiger partial charge in [0.15, 0.2) is 0 Å². The average Bonchev–Trinajstić information content (AvgIpc) is 2.65. The third-order valence-corrected chi connectivity index (χ3v) is 5.72. The van der Waals surface area contributed by atoms with Crippen LogP contribution >= 0.6 is 0 Å². The molecule has 2 rings (SSSR count). The van der Waals surface area contributed by atoms with Gasteiger partial charge in [-0.2, -0.15) is 9.57 Å². The third-order valence-electron chi connectivity index (χ3n) is 3.78. The van der Waals surface area contributed by atoms with Gasteiger partial charge in [0.25, 0.3) is 0 Å². The fraction of sp³-hybridized carbons (Fsp3) is 0.278. The number of nitriles is 1. The lowest BCUT2D eigenvalue weighted by atomic mass is 10.1. The molecule has 0 bridgehead atoms. The molecular weight excluding hydrogens is 338 g/mol. The summed E-state index contributed by atoms with van der Waals surface area (Å²) in [7, 11) is -2.40. The van der Waals surface area contributed by atoms with Crippen molar-refractivity contribution in [3.05, 3.63) is 59.7 Å². The number of rotatable bonds is 8. The van der Waals surface area contributed by atoms with Gasteiger partial charge in [0, 0.05) is 19.6 Å². The van der Waals surface area contributed by atoms with Crippen LogP contribution in [-0.4, -0.2) is 39.5 Å². The van der Waals surface area contributed by atoms with Crippen molar-refractivity contribution in [3.63, 3.8) is 0 Å². The van der Waals surface area contributed by atoms with E-state index in [1.54, 1.807) is 0 Å². The molecule has 0 fully saturated rings. The van der Waals surface area contributed by atoms with E-state index in [0.717, 1.165) is 5.56 Å². The fourth-order valence-corrected chi connectivity index (χ4v) is 4.08. The molecule has 7 heteroatoms. The van der Waals surface area contributed by atoms with Gasteiger partial charge in [-0.05, 0) is 30.2 Å². The van der Waals surface area contributed by atoms with Crippen LogP contribution in [0.3, 0.4) is 0 Å². The zero-order valence-corrected chi connectivity index (χ0v) is 14.9. The first-order valence-electron chi connectivity index (χ1n) is 7.85. The van der Waals surface area contributed by atoms with Crippen LogP contribution in [0.15, 0.2) is 53.4 Å². The summed E-state index contributed by atoms with van der Waals surface area (Å²) in [6, 6.07) is 15.9. The highest BCUT2D eigenvalue weighted by atomic mass is 32.2. The Labute approximate surface area is 148 Å². The van der Waals surface area contributed by atoms with E-state index in [-0.39, 0.29) is 23.7 Å². The highest BCUT2D eigenvalue weighted by Crippen LogP contribution is 2.27. The molecular formula is C18H21N3O3S. The molecule has 0 aromatic heterocycles. The predicted octanol–water partition coefficient (Wildman–Crippen LogP) is 1.76. The maximum absolute atomic E-state index is 13.0. The minimum Gasteiger partial charge on any atom is -0.495 e. The first kappa shape index (κ1) is 18.9. The van der Waals surface area contributed by atoms with Gasteiger partial charge >= 0.3 is 0 Å². The van der Waals surface area contributed by atoms with Crippen molar-refractivity contribution < 1.29 is 13.2 Å². The number of ether oxygens (including phenoxy) is 1. The van der Waals surface area contributed by atoms with Crippen molar-refractivity contribution in [2.45, 2.75) is 11.3 Å². The van der Waals surface area contributed by atoms with Gasteiger partial charge in [0.05, 0.1) is 18.7 Å². The monoisotopic (exact) mass is 359 g/mol. The highest BCUT2D eigenvalue weighted by Gasteiger charge is 2.27. The second-order valence-corrected chi connectivity index (χ2v) is 7.31. The minimum absolute atomic E-state index is 0.0375. The first-order chi connectivity index (χ1) is 12.0. The van der Waals surface area contributed by atoms with Gasteiger partial charge in [-0.1, -0.05) is 30.3 Å². The number of hydrogen-bond acceptors (Lipinski definition) is 5. The van der Waals surface area contributed by atoms with Crippen LogP contribution in [0.4, 0.5) is 0 Å². The zero-order chi connectivity index (χ0) is 18.3. The molecule has 0 atom stereocenters. The molecule has 2 aromatic rings. The van der Waals surface area contributed by atoms with Crippen molar-refractivity contribution in [1.82, 2.24) is 4.31 Å². The lowest BCUT2D eigenvalue weighted by Crippen LogP contribution is -2.37. The van der Waals surface area contributed by atoms with Crippen molar-refractivity contribution in [3.8, 4) is 11.8 Å². The summed E-state index contributed by atoms with van der Waals surface area (Å²) < 4.78 is 32.6. The van der Waals surface area contributed by atoms with E-state index in [2.05, 4.69) is 0 Å². The Balaban J connectivity index is 2.31. The Bertz CT molecular complexity index is 846. The fourth-order valence-electron chi connectivity index (χ4n) is 2.48. The van der Waals surface area contributed by atoms with E-state index in [4.69, 9.17) is 15.7 Å². The number of methoxy groups -OCH3 is 1. The van der Waals surface area contributed by atoms with E-state index in [1.165, 1.54) is 29.6 Å². The van der Waals surface area contributed by atoms with Gasteiger partial charge in [-0.25, -0.2) is 8.42 Å². The van der Waals surface area contributed by atoms with E-state index >= 15 is 0 Å². The molecule has 0 radical (unpaired) electrons. The SMILES string of the molecule is COc1cc(C#N)ccc1S(=O)(=O)N(CCN)CCc1ccccc1. The molecule has 6 nitrogen and oxygen atoms in total. The number of benzene rings is 2. The van der Waals surface area contributed by atoms with Crippen LogP contribution < -0.4 is 10.5 Å². The molecule has 0 amide bonds. The molecule has 132 valence electrons. The Morgan fingerprint density at radius 2 is 1.88 bits per heavy atom. The largest absolute Gasteiger partial charge is 0.495 e. The number of nitrogens with two attached hydrogens (primary N) is 1. The van der Waals surface area contributed by atoms with Crippen LogP contribution in [0.2, 0.25) is 0 Å². The lowest BCUT2D eigenvalue weighted by Gasteiger charge is -2.22. The molecule has 0 unspecified atom stereocenters. The lowest BCUT2D eigenvalue weighted by molar-refractivity contribution is 0.391. The molecule has 0 aliphatic rings. The Morgan fingerprint density at radius 3 is 2.48 bits per heavy atom. The summed E-state index contributed by atoms with van der Waals surface area (Å²) in [6.45, 7) is 0.734. The summed E-state index contributed by atoms with van der Waals surface area (Å²) in [6.07, 6.45) is 0.582. The van der Waals surface area contributed by atoms with Crippen LogP contribution in [-0.2, 0) is 16.4 Å². The molecule has 2 aromatic carbocycles.